The maximum atomic E-state index is 12.1. The minimum atomic E-state index is -0.273. The van der Waals surface area contributed by atoms with Crippen LogP contribution in [0.3, 0.4) is 0 Å². The number of carbonyl (C=O) groups excluding carboxylic acids is 2. The summed E-state index contributed by atoms with van der Waals surface area (Å²) in [6, 6.07) is 12.1. The average molecular weight is 354 g/mol. The van der Waals surface area contributed by atoms with Gasteiger partial charge in [0.2, 0.25) is 5.91 Å². The lowest BCUT2D eigenvalue weighted by Crippen LogP contribution is -2.17. The molecule has 26 heavy (non-hydrogen) atoms. The summed E-state index contributed by atoms with van der Waals surface area (Å²) in [6.45, 7) is 2.45. The van der Waals surface area contributed by atoms with Crippen LogP contribution < -0.4 is 20.1 Å². The van der Waals surface area contributed by atoms with Gasteiger partial charge >= 0.3 is 0 Å². The molecule has 0 heterocycles. The molecule has 2 aromatic rings. The molecule has 6 nitrogen and oxygen atoms in total. The van der Waals surface area contributed by atoms with Gasteiger partial charge in [-0.15, -0.1) is 0 Å². The van der Waals surface area contributed by atoms with Crippen molar-refractivity contribution in [3.8, 4) is 11.5 Å². The molecule has 0 aromatic heterocycles. The Morgan fingerprint density at radius 2 is 1.81 bits per heavy atom. The van der Waals surface area contributed by atoms with E-state index in [1.807, 2.05) is 13.0 Å². The van der Waals surface area contributed by atoms with Crippen LogP contribution in [0.15, 0.2) is 48.5 Å². The smallest absolute Gasteiger partial charge is 0.251 e. The molecule has 0 spiro atoms. The Balaban J connectivity index is 2.02. The van der Waals surface area contributed by atoms with Crippen molar-refractivity contribution in [2.24, 2.45) is 0 Å². The van der Waals surface area contributed by atoms with Crippen LogP contribution in [0.4, 0.5) is 5.69 Å². The maximum absolute atomic E-state index is 12.1. The number of hydrogen-bond donors (Lipinski definition) is 2. The molecule has 136 valence electrons. The summed E-state index contributed by atoms with van der Waals surface area (Å²) >= 11 is 0. The standard InChI is InChI=1S/C20H22N2O4/c1-4-26-17-11-5-14(13-18(17)25-3)6-12-19(23)22-16-9-7-15(8-10-16)20(24)21-2/h5-13H,4H2,1-3H3,(H,21,24)(H,22,23). The molecule has 0 saturated heterocycles. The Morgan fingerprint density at radius 3 is 2.42 bits per heavy atom. The molecule has 2 N–H and O–H groups in total. The van der Waals surface area contributed by atoms with Gasteiger partial charge in [0.1, 0.15) is 0 Å². The molecule has 0 fully saturated rings. The first kappa shape index (κ1) is 19.1. The predicted molar refractivity (Wildman–Crippen MR) is 102 cm³/mol. The highest BCUT2D eigenvalue weighted by Crippen LogP contribution is 2.28. The van der Waals surface area contributed by atoms with Crippen molar-refractivity contribution in [1.29, 1.82) is 0 Å². The molecule has 0 radical (unpaired) electrons. The second kappa shape index (κ2) is 9.27. The molecular formula is C20H22N2O4. The van der Waals surface area contributed by atoms with Crippen molar-refractivity contribution in [1.82, 2.24) is 5.32 Å². The first-order valence-corrected chi connectivity index (χ1v) is 8.19. The summed E-state index contributed by atoms with van der Waals surface area (Å²) < 4.78 is 10.8. The second-order valence-corrected chi connectivity index (χ2v) is 5.32. The van der Waals surface area contributed by atoms with Gasteiger partial charge in [0.25, 0.3) is 5.91 Å². The number of carbonyl (C=O) groups is 2. The second-order valence-electron chi connectivity index (χ2n) is 5.32. The number of nitrogens with one attached hydrogen (secondary N) is 2. The minimum absolute atomic E-state index is 0.174. The number of anilines is 1. The predicted octanol–water partition coefficient (Wildman–Crippen LogP) is 3.11. The molecule has 2 aromatic carbocycles. The van der Waals surface area contributed by atoms with E-state index in [1.54, 1.807) is 56.6 Å². The summed E-state index contributed by atoms with van der Waals surface area (Å²) in [4.78, 5) is 23.5. The molecule has 0 aliphatic rings. The van der Waals surface area contributed by atoms with E-state index in [-0.39, 0.29) is 11.8 Å². The fourth-order valence-corrected chi connectivity index (χ4v) is 2.27. The number of methoxy groups -OCH3 is 1. The van der Waals surface area contributed by atoms with Gasteiger partial charge in [-0.25, -0.2) is 0 Å². The van der Waals surface area contributed by atoms with E-state index >= 15 is 0 Å². The van der Waals surface area contributed by atoms with Crippen molar-refractivity contribution in [3.63, 3.8) is 0 Å². The Labute approximate surface area is 152 Å². The van der Waals surface area contributed by atoms with Crippen LogP contribution in [0.2, 0.25) is 0 Å². The van der Waals surface area contributed by atoms with E-state index < -0.39 is 0 Å². The van der Waals surface area contributed by atoms with Gasteiger partial charge < -0.3 is 20.1 Å². The molecule has 0 aliphatic heterocycles. The van der Waals surface area contributed by atoms with Crippen LogP contribution in [-0.4, -0.2) is 32.6 Å². The number of rotatable bonds is 7. The highest BCUT2D eigenvalue weighted by atomic mass is 16.5. The first-order valence-electron chi connectivity index (χ1n) is 8.19. The van der Waals surface area contributed by atoms with E-state index in [4.69, 9.17) is 9.47 Å². The zero-order valence-corrected chi connectivity index (χ0v) is 15.0. The lowest BCUT2D eigenvalue weighted by molar-refractivity contribution is -0.111. The lowest BCUT2D eigenvalue weighted by Gasteiger charge is -2.09. The van der Waals surface area contributed by atoms with Crippen LogP contribution in [0.1, 0.15) is 22.8 Å². The van der Waals surface area contributed by atoms with Crippen molar-refractivity contribution in [3.05, 3.63) is 59.7 Å². The fourth-order valence-electron chi connectivity index (χ4n) is 2.27. The van der Waals surface area contributed by atoms with Gasteiger partial charge in [-0.2, -0.15) is 0 Å². The summed E-state index contributed by atoms with van der Waals surface area (Å²) in [7, 11) is 3.14. The van der Waals surface area contributed by atoms with E-state index in [2.05, 4.69) is 10.6 Å². The van der Waals surface area contributed by atoms with Crippen molar-refractivity contribution in [2.75, 3.05) is 26.1 Å². The van der Waals surface area contributed by atoms with E-state index in [0.29, 0.717) is 29.4 Å². The molecule has 0 atom stereocenters. The quantitative estimate of drug-likeness (QED) is 0.749. The third kappa shape index (κ3) is 5.11. The van der Waals surface area contributed by atoms with Gasteiger partial charge in [-0.05, 0) is 55.0 Å². The van der Waals surface area contributed by atoms with Crippen LogP contribution in [0.5, 0.6) is 11.5 Å². The maximum Gasteiger partial charge on any atom is 0.251 e. The minimum Gasteiger partial charge on any atom is -0.493 e. The summed E-state index contributed by atoms with van der Waals surface area (Å²) in [6.07, 6.45) is 3.12. The van der Waals surface area contributed by atoms with Crippen molar-refractivity contribution >= 4 is 23.6 Å². The van der Waals surface area contributed by atoms with Crippen LogP contribution >= 0.6 is 0 Å². The van der Waals surface area contributed by atoms with Gasteiger partial charge in [-0.3, -0.25) is 9.59 Å². The Kier molecular flexibility index (Phi) is 6.79. The number of hydrogen-bond acceptors (Lipinski definition) is 4. The fraction of sp³-hybridized carbons (Fsp3) is 0.200. The molecule has 0 saturated carbocycles. The molecular weight excluding hydrogens is 332 g/mol. The number of ether oxygens (including phenoxy) is 2. The number of amides is 2. The van der Waals surface area contributed by atoms with Gasteiger partial charge in [-0.1, -0.05) is 6.07 Å². The molecule has 0 unspecified atom stereocenters. The normalized spacial score (nSPS) is 10.4. The Morgan fingerprint density at radius 1 is 1.08 bits per heavy atom. The zero-order chi connectivity index (χ0) is 18.9. The molecule has 6 heteroatoms. The van der Waals surface area contributed by atoms with Gasteiger partial charge in [0.15, 0.2) is 11.5 Å². The largest absolute Gasteiger partial charge is 0.493 e. The lowest BCUT2D eigenvalue weighted by atomic mass is 10.1. The molecule has 0 bridgehead atoms. The zero-order valence-electron chi connectivity index (χ0n) is 15.0. The molecule has 0 aliphatic carbocycles. The summed E-state index contributed by atoms with van der Waals surface area (Å²) in [5.74, 6) is 0.824. The summed E-state index contributed by atoms with van der Waals surface area (Å²) in [5, 5.41) is 5.29. The third-order valence-electron chi connectivity index (χ3n) is 3.56. The molecule has 2 rings (SSSR count). The van der Waals surface area contributed by atoms with Gasteiger partial charge in [0.05, 0.1) is 13.7 Å². The Bertz CT molecular complexity index is 798. The van der Waals surface area contributed by atoms with Crippen LogP contribution in [0, 0.1) is 0 Å². The topological polar surface area (TPSA) is 76.7 Å². The average Bonchev–Trinajstić information content (AvgIpc) is 2.67. The van der Waals surface area contributed by atoms with Crippen LogP contribution in [-0.2, 0) is 4.79 Å². The van der Waals surface area contributed by atoms with E-state index in [9.17, 15) is 9.59 Å². The SMILES string of the molecule is CCOc1ccc(C=CC(=O)Nc2ccc(C(=O)NC)cc2)cc1OC. The van der Waals surface area contributed by atoms with Crippen molar-refractivity contribution in [2.45, 2.75) is 6.92 Å². The number of benzene rings is 2. The third-order valence-corrected chi connectivity index (χ3v) is 3.56. The van der Waals surface area contributed by atoms with Crippen LogP contribution in [0.25, 0.3) is 6.08 Å². The first-order chi connectivity index (χ1) is 12.6. The van der Waals surface area contributed by atoms with Gasteiger partial charge in [0, 0.05) is 24.4 Å². The highest BCUT2D eigenvalue weighted by Gasteiger charge is 2.05. The highest BCUT2D eigenvalue weighted by molar-refractivity contribution is 6.02. The monoisotopic (exact) mass is 354 g/mol. The summed E-state index contributed by atoms with van der Waals surface area (Å²) in [5.41, 5.74) is 1.95. The molecule has 2 amide bonds. The van der Waals surface area contributed by atoms with E-state index in [0.717, 1.165) is 5.56 Å². The van der Waals surface area contributed by atoms with Crippen molar-refractivity contribution < 1.29 is 19.1 Å². The Hall–Kier alpha value is -3.28. The van der Waals surface area contributed by atoms with E-state index in [1.165, 1.54) is 6.08 Å².